The molecule has 0 aromatic heterocycles. The second-order valence-corrected chi connectivity index (χ2v) is 7.33. The molecular formula is C24H18N2O6. The van der Waals surface area contributed by atoms with Gasteiger partial charge in [-0.25, -0.2) is 4.79 Å². The van der Waals surface area contributed by atoms with Crippen LogP contribution in [0.5, 0.6) is 23.0 Å². The Hall–Kier alpha value is -4.38. The first-order chi connectivity index (χ1) is 15.5. The van der Waals surface area contributed by atoms with Crippen LogP contribution >= 0.6 is 0 Å². The minimum absolute atomic E-state index is 0.0240. The number of nitriles is 1. The first-order valence-electron chi connectivity index (χ1n) is 9.95. The van der Waals surface area contributed by atoms with Crippen LogP contribution in [0.1, 0.15) is 34.3 Å². The molecule has 1 atom stereocenters. The van der Waals surface area contributed by atoms with E-state index in [1.807, 2.05) is 18.2 Å². The van der Waals surface area contributed by atoms with Gasteiger partial charge in [0.05, 0.1) is 12.5 Å². The Morgan fingerprint density at radius 2 is 2.03 bits per heavy atom. The molecule has 3 N–H and O–H groups in total. The Bertz CT molecular complexity index is 1350. The van der Waals surface area contributed by atoms with E-state index in [1.54, 1.807) is 25.1 Å². The van der Waals surface area contributed by atoms with Gasteiger partial charge in [-0.1, -0.05) is 18.2 Å². The fourth-order valence-corrected chi connectivity index (χ4v) is 4.09. The van der Waals surface area contributed by atoms with Crippen LogP contribution in [0.4, 0.5) is 0 Å². The average molecular weight is 430 g/mol. The molecule has 2 aliphatic heterocycles. The van der Waals surface area contributed by atoms with Gasteiger partial charge >= 0.3 is 5.97 Å². The molecule has 0 amide bonds. The number of aromatic hydroxyl groups is 1. The number of nitrogens with zero attached hydrogens (tertiary/aromatic N) is 1. The lowest BCUT2D eigenvalue weighted by Crippen LogP contribution is -2.21. The summed E-state index contributed by atoms with van der Waals surface area (Å²) in [6.45, 7) is 2.02. The summed E-state index contributed by atoms with van der Waals surface area (Å²) >= 11 is 0. The van der Waals surface area contributed by atoms with E-state index in [0.29, 0.717) is 33.6 Å². The lowest BCUT2D eigenvalue weighted by atomic mass is 9.82. The molecule has 1 unspecified atom stereocenters. The molecule has 0 bridgehead atoms. The van der Waals surface area contributed by atoms with Crippen molar-refractivity contribution in [3.8, 4) is 29.1 Å². The number of benzene rings is 3. The molecule has 0 spiro atoms. The lowest BCUT2D eigenvalue weighted by Gasteiger charge is -2.27. The highest BCUT2D eigenvalue weighted by Crippen LogP contribution is 2.47. The molecule has 32 heavy (non-hydrogen) atoms. The van der Waals surface area contributed by atoms with Crippen LogP contribution in [0.3, 0.4) is 0 Å². The number of rotatable bonds is 3. The molecule has 2 heterocycles. The number of hydrogen-bond acceptors (Lipinski definition) is 8. The van der Waals surface area contributed by atoms with Crippen molar-refractivity contribution >= 4 is 16.7 Å². The van der Waals surface area contributed by atoms with Crippen LogP contribution in [-0.2, 0) is 4.74 Å². The van der Waals surface area contributed by atoms with Crippen LogP contribution in [-0.4, -0.2) is 24.5 Å². The third-order valence-corrected chi connectivity index (χ3v) is 5.54. The van der Waals surface area contributed by atoms with E-state index in [9.17, 15) is 15.2 Å². The van der Waals surface area contributed by atoms with Crippen molar-refractivity contribution in [2.75, 3.05) is 13.4 Å². The van der Waals surface area contributed by atoms with E-state index in [1.165, 1.54) is 6.07 Å². The highest BCUT2D eigenvalue weighted by atomic mass is 16.7. The maximum Gasteiger partial charge on any atom is 0.341 e. The lowest BCUT2D eigenvalue weighted by molar-refractivity contribution is 0.0523. The van der Waals surface area contributed by atoms with Gasteiger partial charge < -0.3 is 29.8 Å². The first-order valence-corrected chi connectivity index (χ1v) is 9.95. The minimum atomic E-state index is -0.616. The molecule has 0 saturated heterocycles. The van der Waals surface area contributed by atoms with E-state index in [-0.39, 0.29) is 36.2 Å². The molecule has 3 aromatic rings. The fourth-order valence-electron chi connectivity index (χ4n) is 4.09. The number of nitrogens with two attached hydrogens (primary N) is 1. The number of allylic oxidation sites excluding steroid dienone is 1. The maximum absolute atomic E-state index is 12.2. The minimum Gasteiger partial charge on any atom is -0.507 e. The second-order valence-electron chi connectivity index (χ2n) is 7.33. The number of phenols is 1. The predicted octanol–water partition coefficient (Wildman–Crippen LogP) is 3.67. The number of phenolic OH excluding ortho intramolecular Hbond substituents is 1. The fraction of sp³-hybridized carbons (Fsp3) is 0.167. The van der Waals surface area contributed by atoms with Crippen molar-refractivity contribution in [2.24, 2.45) is 5.73 Å². The highest BCUT2D eigenvalue weighted by molar-refractivity contribution is 6.01. The number of carbonyl (C=O) groups excluding carboxylic acids is 1. The monoisotopic (exact) mass is 430 g/mol. The summed E-state index contributed by atoms with van der Waals surface area (Å²) < 4.78 is 21.7. The van der Waals surface area contributed by atoms with Gasteiger partial charge in [-0.3, -0.25) is 0 Å². The molecule has 8 nitrogen and oxygen atoms in total. The number of esters is 1. The van der Waals surface area contributed by atoms with E-state index < -0.39 is 11.9 Å². The van der Waals surface area contributed by atoms with Crippen molar-refractivity contribution in [3.05, 3.63) is 70.6 Å². The molecule has 0 saturated carbocycles. The predicted molar refractivity (Wildman–Crippen MR) is 113 cm³/mol. The maximum atomic E-state index is 12.2. The van der Waals surface area contributed by atoms with Gasteiger partial charge in [-0.05, 0) is 42.1 Å². The molecule has 0 fully saturated rings. The smallest absolute Gasteiger partial charge is 0.341 e. The zero-order valence-corrected chi connectivity index (χ0v) is 17.0. The SMILES string of the molecule is CCOC(=O)c1cc2ccc3c(c2cc1O)OC(N)=C(C#N)C3c1ccc2c(c1)OCO2. The van der Waals surface area contributed by atoms with Gasteiger partial charge in [-0.15, -0.1) is 0 Å². The number of carbonyl (C=O) groups is 1. The summed E-state index contributed by atoms with van der Waals surface area (Å²) in [6, 6.07) is 14.2. The Labute approximate surface area is 183 Å². The highest BCUT2D eigenvalue weighted by Gasteiger charge is 2.33. The molecule has 0 aliphatic carbocycles. The molecule has 160 valence electrons. The van der Waals surface area contributed by atoms with Crippen molar-refractivity contribution in [2.45, 2.75) is 12.8 Å². The van der Waals surface area contributed by atoms with E-state index in [2.05, 4.69) is 6.07 Å². The van der Waals surface area contributed by atoms with E-state index in [0.717, 1.165) is 5.56 Å². The Morgan fingerprint density at radius 1 is 1.22 bits per heavy atom. The number of fused-ring (bicyclic) bond motifs is 4. The summed E-state index contributed by atoms with van der Waals surface area (Å²) in [6.07, 6.45) is 0. The zero-order chi connectivity index (χ0) is 22.4. The topological polar surface area (TPSA) is 124 Å². The first kappa shape index (κ1) is 19.6. The largest absolute Gasteiger partial charge is 0.507 e. The van der Waals surface area contributed by atoms with Crippen LogP contribution in [0.25, 0.3) is 10.8 Å². The molecule has 0 radical (unpaired) electrons. The van der Waals surface area contributed by atoms with Gasteiger partial charge in [0, 0.05) is 10.9 Å². The number of ether oxygens (including phenoxy) is 4. The van der Waals surface area contributed by atoms with Gasteiger partial charge in [0.25, 0.3) is 0 Å². The van der Waals surface area contributed by atoms with Crippen molar-refractivity contribution in [1.82, 2.24) is 0 Å². The van der Waals surface area contributed by atoms with Crippen LogP contribution in [0.15, 0.2) is 53.9 Å². The van der Waals surface area contributed by atoms with Gasteiger partial charge in [0.2, 0.25) is 12.7 Å². The summed E-state index contributed by atoms with van der Waals surface area (Å²) in [5, 5.41) is 21.5. The molecule has 5 rings (SSSR count). The number of hydrogen-bond donors (Lipinski definition) is 2. The van der Waals surface area contributed by atoms with Crippen LogP contribution < -0.4 is 19.9 Å². The Morgan fingerprint density at radius 3 is 2.81 bits per heavy atom. The third kappa shape index (κ3) is 2.94. The van der Waals surface area contributed by atoms with Crippen molar-refractivity contribution in [3.63, 3.8) is 0 Å². The second kappa shape index (κ2) is 7.39. The molecule has 2 aliphatic rings. The van der Waals surface area contributed by atoms with Crippen LogP contribution in [0.2, 0.25) is 0 Å². The molecular weight excluding hydrogens is 412 g/mol. The third-order valence-electron chi connectivity index (χ3n) is 5.54. The Balaban J connectivity index is 1.69. The summed E-state index contributed by atoms with van der Waals surface area (Å²) in [7, 11) is 0. The average Bonchev–Trinajstić information content (AvgIpc) is 3.26. The summed E-state index contributed by atoms with van der Waals surface area (Å²) in [4.78, 5) is 12.2. The van der Waals surface area contributed by atoms with Gasteiger partial charge in [-0.2, -0.15) is 5.26 Å². The molecule has 3 aromatic carbocycles. The normalized spacial score (nSPS) is 16.3. The summed E-state index contributed by atoms with van der Waals surface area (Å²) in [5.74, 6) is 0.248. The van der Waals surface area contributed by atoms with Crippen molar-refractivity contribution < 1.29 is 28.8 Å². The summed E-state index contributed by atoms with van der Waals surface area (Å²) in [5.41, 5.74) is 7.94. The van der Waals surface area contributed by atoms with Gasteiger partial charge in [0.15, 0.2) is 11.5 Å². The van der Waals surface area contributed by atoms with Gasteiger partial charge in [0.1, 0.15) is 28.7 Å². The quantitative estimate of drug-likeness (QED) is 0.603. The zero-order valence-electron chi connectivity index (χ0n) is 17.0. The molecule has 8 heteroatoms. The Kier molecular flexibility index (Phi) is 4.52. The van der Waals surface area contributed by atoms with Crippen LogP contribution in [0, 0.1) is 11.3 Å². The van der Waals surface area contributed by atoms with E-state index in [4.69, 9.17) is 24.7 Å². The van der Waals surface area contributed by atoms with E-state index >= 15 is 0 Å². The standard InChI is InChI=1S/C24H18N2O6/c1-2-29-24(28)16-7-12-3-5-14-21(13-4-6-19-20(8-13)31-11-30-19)17(10-25)23(26)32-22(14)15(12)9-18(16)27/h3-9,21,27H,2,11,26H2,1H3. The van der Waals surface area contributed by atoms with Crippen molar-refractivity contribution in [1.29, 1.82) is 5.26 Å².